The van der Waals surface area contributed by atoms with Gasteiger partial charge in [-0.2, -0.15) is 0 Å². The molecule has 2 heterocycles. The summed E-state index contributed by atoms with van der Waals surface area (Å²) in [4.78, 5) is 34.6. The van der Waals surface area contributed by atoms with Crippen molar-refractivity contribution in [3.05, 3.63) is 57.8 Å². The van der Waals surface area contributed by atoms with Gasteiger partial charge in [-0.3, -0.25) is 19.1 Å². The van der Waals surface area contributed by atoms with Crippen molar-refractivity contribution in [2.24, 2.45) is 7.05 Å². The fourth-order valence-electron chi connectivity index (χ4n) is 3.53. The Kier molecular flexibility index (Phi) is 6.46. The van der Waals surface area contributed by atoms with E-state index in [1.54, 1.807) is 11.9 Å². The van der Waals surface area contributed by atoms with Crippen molar-refractivity contribution < 1.29 is 9.53 Å². The minimum Gasteiger partial charge on any atom is -0.489 e. The third-order valence-electron chi connectivity index (χ3n) is 5.15. The summed E-state index contributed by atoms with van der Waals surface area (Å²) in [6, 6.07) is 9.78. The molecular formula is C21H28N4O3. The molecule has 1 aromatic heterocycles. The molecule has 1 aliphatic rings. The molecular weight excluding hydrogens is 356 g/mol. The van der Waals surface area contributed by atoms with Crippen molar-refractivity contribution in [2.75, 3.05) is 39.8 Å². The van der Waals surface area contributed by atoms with Crippen LogP contribution in [0, 0.1) is 0 Å². The van der Waals surface area contributed by atoms with Crippen LogP contribution < -0.4 is 10.3 Å². The number of carbonyl (C=O) groups is 1. The Balaban J connectivity index is 1.89. The summed E-state index contributed by atoms with van der Waals surface area (Å²) in [6.07, 6.45) is 1.57. The normalized spacial score (nSPS) is 14.9. The first-order valence-corrected chi connectivity index (χ1v) is 9.74. The molecule has 1 aliphatic heterocycles. The predicted molar refractivity (Wildman–Crippen MR) is 108 cm³/mol. The van der Waals surface area contributed by atoms with Crippen molar-refractivity contribution in [3.8, 4) is 5.75 Å². The minimum atomic E-state index is -0.337. The largest absolute Gasteiger partial charge is 0.489 e. The van der Waals surface area contributed by atoms with Crippen LogP contribution in [0.4, 0.5) is 0 Å². The van der Waals surface area contributed by atoms with Gasteiger partial charge in [0.25, 0.3) is 11.5 Å². The van der Waals surface area contributed by atoms with Crippen LogP contribution in [0.2, 0.25) is 0 Å². The molecule has 2 aromatic rings. The van der Waals surface area contributed by atoms with E-state index >= 15 is 0 Å². The molecule has 7 nitrogen and oxygen atoms in total. The molecule has 1 amide bonds. The van der Waals surface area contributed by atoms with Gasteiger partial charge in [-0.05, 0) is 18.5 Å². The Hall–Kier alpha value is -2.67. The SMILES string of the molecule is CCCN1CCN(C(=O)c2nc(Cc3ccccc3)n(C)c(=O)c2OC)CC1. The number of piperazine rings is 1. The van der Waals surface area contributed by atoms with Crippen LogP contribution in [0.1, 0.15) is 35.2 Å². The summed E-state index contributed by atoms with van der Waals surface area (Å²) in [5.41, 5.74) is 0.804. The molecule has 1 aromatic carbocycles. The van der Waals surface area contributed by atoms with Crippen LogP contribution in [0.5, 0.6) is 5.75 Å². The summed E-state index contributed by atoms with van der Waals surface area (Å²) < 4.78 is 6.74. The number of ether oxygens (including phenoxy) is 1. The molecule has 3 rings (SSSR count). The van der Waals surface area contributed by atoms with Gasteiger partial charge in [-0.25, -0.2) is 4.98 Å². The number of hydrogen-bond acceptors (Lipinski definition) is 5. The van der Waals surface area contributed by atoms with Crippen LogP contribution in [0.15, 0.2) is 35.1 Å². The fraction of sp³-hybridized carbons (Fsp3) is 0.476. The number of aromatic nitrogens is 2. The molecule has 1 saturated heterocycles. The first-order chi connectivity index (χ1) is 13.5. The van der Waals surface area contributed by atoms with Crippen LogP contribution in [-0.4, -0.2) is 65.1 Å². The number of hydrogen-bond donors (Lipinski definition) is 0. The van der Waals surface area contributed by atoms with Crippen molar-refractivity contribution in [3.63, 3.8) is 0 Å². The van der Waals surface area contributed by atoms with Gasteiger partial charge in [0.15, 0.2) is 5.69 Å². The van der Waals surface area contributed by atoms with E-state index in [1.807, 2.05) is 30.3 Å². The highest BCUT2D eigenvalue weighted by Crippen LogP contribution is 2.17. The molecule has 150 valence electrons. The summed E-state index contributed by atoms with van der Waals surface area (Å²) in [5, 5.41) is 0. The maximum atomic E-state index is 13.1. The number of amides is 1. The van der Waals surface area contributed by atoms with Gasteiger partial charge in [0.1, 0.15) is 5.82 Å². The lowest BCUT2D eigenvalue weighted by Crippen LogP contribution is -2.49. The quantitative estimate of drug-likeness (QED) is 0.756. The monoisotopic (exact) mass is 384 g/mol. The average molecular weight is 384 g/mol. The van der Waals surface area contributed by atoms with E-state index in [0.29, 0.717) is 25.3 Å². The molecule has 7 heteroatoms. The second-order valence-electron chi connectivity index (χ2n) is 7.07. The highest BCUT2D eigenvalue weighted by Gasteiger charge is 2.28. The highest BCUT2D eigenvalue weighted by molar-refractivity contribution is 5.95. The zero-order chi connectivity index (χ0) is 20.1. The van der Waals surface area contributed by atoms with E-state index in [2.05, 4.69) is 16.8 Å². The van der Waals surface area contributed by atoms with Crippen LogP contribution in [-0.2, 0) is 13.5 Å². The van der Waals surface area contributed by atoms with Crippen LogP contribution in [0.3, 0.4) is 0 Å². The van der Waals surface area contributed by atoms with E-state index in [-0.39, 0.29) is 22.9 Å². The van der Waals surface area contributed by atoms with Gasteiger partial charge in [0.05, 0.1) is 7.11 Å². The Morgan fingerprint density at radius 1 is 1.14 bits per heavy atom. The second-order valence-corrected chi connectivity index (χ2v) is 7.07. The third-order valence-corrected chi connectivity index (χ3v) is 5.15. The summed E-state index contributed by atoms with van der Waals surface area (Å²) in [7, 11) is 3.07. The van der Waals surface area contributed by atoms with Gasteiger partial charge in [-0.1, -0.05) is 37.3 Å². The zero-order valence-electron chi connectivity index (χ0n) is 16.9. The van der Waals surface area contributed by atoms with E-state index in [0.717, 1.165) is 31.6 Å². The Morgan fingerprint density at radius 3 is 2.43 bits per heavy atom. The molecule has 0 N–H and O–H groups in total. The Bertz CT molecular complexity index is 871. The lowest BCUT2D eigenvalue weighted by atomic mass is 10.1. The van der Waals surface area contributed by atoms with Gasteiger partial charge in [0, 0.05) is 39.6 Å². The van der Waals surface area contributed by atoms with Crippen molar-refractivity contribution in [2.45, 2.75) is 19.8 Å². The summed E-state index contributed by atoms with van der Waals surface area (Å²) in [5.74, 6) is 0.324. The van der Waals surface area contributed by atoms with Crippen molar-refractivity contribution >= 4 is 5.91 Å². The van der Waals surface area contributed by atoms with Crippen LogP contribution >= 0.6 is 0 Å². The number of benzene rings is 1. The fourth-order valence-corrected chi connectivity index (χ4v) is 3.53. The zero-order valence-corrected chi connectivity index (χ0v) is 16.9. The van der Waals surface area contributed by atoms with E-state index in [9.17, 15) is 9.59 Å². The lowest BCUT2D eigenvalue weighted by Gasteiger charge is -2.34. The number of methoxy groups -OCH3 is 1. The number of nitrogens with zero attached hydrogens (tertiary/aromatic N) is 4. The standard InChI is InChI=1S/C21H28N4O3/c1-4-10-24-11-13-25(14-12-24)20(26)18-19(28-3)21(27)23(2)17(22-18)15-16-8-6-5-7-9-16/h5-9H,4,10-15H2,1-3H3. The summed E-state index contributed by atoms with van der Waals surface area (Å²) in [6.45, 7) is 6.13. The Labute approximate surface area is 165 Å². The number of carbonyl (C=O) groups excluding carboxylic acids is 1. The molecule has 28 heavy (non-hydrogen) atoms. The maximum absolute atomic E-state index is 13.1. The topological polar surface area (TPSA) is 67.7 Å². The number of rotatable bonds is 6. The molecule has 0 spiro atoms. The third kappa shape index (κ3) is 4.25. The smallest absolute Gasteiger partial charge is 0.296 e. The van der Waals surface area contributed by atoms with Gasteiger partial charge < -0.3 is 9.64 Å². The van der Waals surface area contributed by atoms with Crippen molar-refractivity contribution in [1.82, 2.24) is 19.4 Å². The molecule has 0 unspecified atom stereocenters. The molecule has 1 fully saturated rings. The molecule has 0 radical (unpaired) electrons. The molecule has 0 bridgehead atoms. The first-order valence-electron chi connectivity index (χ1n) is 9.74. The van der Waals surface area contributed by atoms with Gasteiger partial charge >= 0.3 is 0 Å². The first kappa shape index (κ1) is 20.1. The van der Waals surface area contributed by atoms with Crippen molar-refractivity contribution in [1.29, 1.82) is 0 Å². The summed E-state index contributed by atoms with van der Waals surface area (Å²) >= 11 is 0. The van der Waals surface area contributed by atoms with Gasteiger partial charge in [-0.15, -0.1) is 0 Å². The van der Waals surface area contributed by atoms with E-state index < -0.39 is 0 Å². The average Bonchev–Trinajstić information content (AvgIpc) is 2.72. The van der Waals surface area contributed by atoms with Gasteiger partial charge in [0.2, 0.25) is 5.75 Å². The molecule has 0 aliphatic carbocycles. The van der Waals surface area contributed by atoms with Crippen LogP contribution in [0.25, 0.3) is 0 Å². The Morgan fingerprint density at radius 2 is 1.82 bits per heavy atom. The molecule has 0 saturated carbocycles. The minimum absolute atomic E-state index is 0.0142. The highest BCUT2D eigenvalue weighted by atomic mass is 16.5. The maximum Gasteiger partial charge on any atom is 0.296 e. The second kappa shape index (κ2) is 9.01. The van der Waals surface area contributed by atoms with E-state index in [1.165, 1.54) is 11.7 Å². The van der Waals surface area contributed by atoms with E-state index in [4.69, 9.17) is 4.74 Å². The molecule has 0 atom stereocenters. The lowest BCUT2D eigenvalue weighted by molar-refractivity contribution is 0.0627. The predicted octanol–water partition coefficient (Wildman–Crippen LogP) is 1.55.